The maximum Gasteiger partial charge on any atom is 0.237 e. The molecule has 0 spiro atoms. The number of nitrogens with one attached hydrogen (secondary N) is 1. The molecule has 4 atom stereocenters. The average molecular weight is 555 g/mol. The molecule has 9 nitrogen and oxygen atoms in total. The highest BCUT2D eigenvalue weighted by Gasteiger charge is 2.65. The average Bonchev–Trinajstić information content (AvgIpc) is 3.17. The van der Waals surface area contributed by atoms with Crippen molar-refractivity contribution >= 4 is 31.5 Å². The third kappa shape index (κ3) is 5.55. The first-order chi connectivity index (χ1) is 17.2. The van der Waals surface area contributed by atoms with Crippen LogP contribution < -0.4 is 16.0 Å². The predicted octanol–water partition coefficient (Wildman–Crippen LogP) is 1.52. The van der Waals surface area contributed by atoms with Crippen LogP contribution in [0.15, 0.2) is 24.3 Å². The number of aryl methyl sites for hydroxylation is 1. The van der Waals surface area contributed by atoms with E-state index in [0.717, 1.165) is 24.8 Å². The first-order valence-corrected chi connectivity index (χ1v) is 16.9. The van der Waals surface area contributed by atoms with Crippen molar-refractivity contribution in [2.45, 2.75) is 58.5 Å². The Bertz CT molecular complexity index is 1230. The lowest BCUT2D eigenvalue weighted by atomic mass is 9.69. The lowest BCUT2D eigenvalue weighted by Gasteiger charge is -2.44. The Morgan fingerprint density at radius 3 is 2.38 bits per heavy atom. The Morgan fingerprint density at radius 2 is 1.78 bits per heavy atom. The molecule has 1 saturated heterocycles. The van der Waals surface area contributed by atoms with Crippen molar-refractivity contribution in [2.75, 3.05) is 48.8 Å². The van der Waals surface area contributed by atoms with Gasteiger partial charge in [0.2, 0.25) is 15.9 Å². The Kier molecular flexibility index (Phi) is 7.75. The molecule has 0 aromatic heterocycles. The van der Waals surface area contributed by atoms with Gasteiger partial charge in [-0.15, -0.1) is 0 Å². The molecule has 1 amide bonds. The molecule has 37 heavy (non-hydrogen) atoms. The van der Waals surface area contributed by atoms with Crippen molar-refractivity contribution < 1.29 is 21.6 Å². The fraction of sp³-hybridized carbons (Fsp3) is 0.731. The maximum atomic E-state index is 13.8. The highest BCUT2D eigenvalue weighted by atomic mass is 32.2. The van der Waals surface area contributed by atoms with Crippen LogP contribution in [0.1, 0.15) is 45.1 Å². The van der Waals surface area contributed by atoms with Gasteiger partial charge in [0.1, 0.15) is 9.84 Å². The largest absolute Gasteiger partial charge is 0.369 e. The van der Waals surface area contributed by atoms with Gasteiger partial charge in [0, 0.05) is 49.6 Å². The van der Waals surface area contributed by atoms with E-state index in [1.54, 1.807) is 4.31 Å². The minimum Gasteiger partial charge on any atom is -0.369 e. The predicted molar refractivity (Wildman–Crippen MR) is 147 cm³/mol. The first-order valence-electron chi connectivity index (χ1n) is 13.2. The summed E-state index contributed by atoms with van der Waals surface area (Å²) in [5.74, 6) is -0.245. The molecular weight excluding hydrogens is 512 g/mol. The number of nitrogens with zero attached hydrogens (tertiary/aromatic N) is 2. The van der Waals surface area contributed by atoms with E-state index in [9.17, 15) is 21.6 Å². The molecule has 3 aliphatic rings. The molecule has 1 heterocycles. The van der Waals surface area contributed by atoms with Crippen molar-refractivity contribution in [1.82, 2.24) is 9.62 Å². The van der Waals surface area contributed by atoms with Crippen molar-refractivity contribution in [3.8, 4) is 0 Å². The summed E-state index contributed by atoms with van der Waals surface area (Å²) in [6, 6.07) is 6.90. The molecule has 1 aliphatic heterocycles. The van der Waals surface area contributed by atoms with Gasteiger partial charge in [-0.1, -0.05) is 32.0 Å². The third-order valence-electron chi connectivity index (χ3n) is 9.41. The fourth-order valence-corrected chi connectivity index (χ4v) is 9.87. The third-order valence-corrected chi connectivity index (χ3v) is 12.4. The standard InChI is InChI=1S/C26H42N4O5S2/c1-19-7-5-6-8-22(19)29-12-14-30(15-13-29)37(34,35)18-26-11-9-20(25(26,2)3)17-23(26)28-24(31)21(27)10-16-36(4,32)33/h5-8,20-21,23H,9-18,27H2,1-4H3,(H,28,31)/t20-,21-,23?,26+/m1/s1. The van der Waals surface area contributed by atoms with Crippen LogP contribution in [0.2, 0.25) is 0 Å². The molecule has 1 aromatic carbocycles. The molecular formula is C26H42N4O5S2. The van der Waals surface area contributed by atoms with Gasteiger partial charge in [0.05, 0.1) is 17.5 Å². The van der Waals surface area contributed by atoms with Gasteiger partial charge in [0.25, 0.3) is 0 Å². The van der Waals surface area contributed by atoms with Crippen LogP contribution >= 0.6 is 0 Å². The zero-order valence-electron chi connectivity index (χ0n) is 22.4. The van der Waals surface area contributed by atoms with E-state index in [1.807, 2.05) is 12.1 Å². The van der Waals surface area contributed by atoms with E-state index >= 15 is 0 Å². The monoisotopic (exact) mass is 554 g/mol. The molecule has 11 heteroatoms. The first kappa shape index (κ1) is 28.3. The topological polar surface area (TPSA) is 130 Å². The molecule has 3 N–H and O–H groups in total. The Labute approximate surface area is 222 Å². The van der Waals surface area contributed by atoms with Crippen LogP contribution in [0.5, 0.6) is 0 Å². The molecule has 2 bridgehead atoms. The number of rotatable bonds is 9. The van der Waals surface area contributed by atoms with E-state index in [4.69, 9.17) is 5.73 Å². The van der Waals surface area contributed by atoms with Gasteiger partial charge < -0.3 is 16.0 Å². The summed E-state index contributed by atoms with van der Waals surface area (Å²) in [7, 11) is -6.80. The Morgan fingerprint density at radius 1 is 1.14 bits per heavy atom. The van der Waals surface area contributed by atoms with E-state index in [-0.39, 0.29) is 29.4 Å². The van der Waals surface area contributed by atoms with Crippen LogP contribution in [0.25, 0.3) is 0 Å². The number of benzene rings is 1. The number of sulfonamides is 1. The number of hydrogen-bond donors (Lipinski definition) is 2. The van der Waals surface area contributed by atoms with E-state index in [2.05, 4.69) is 43.1 Å². The van der Waals surface area contributed by atoms with Crippen LogP contribution in [-0.4, -0.2) is 83.1 Å². The normalized spacial score (nSPS) is 28.8. The second kappa shape index (κ2) is 10.1. The number of nitrogens with two attached hydrogens (primary N) is 1. The second-order valence-corrected chi connectivity index (χ2v) is 16.1. The quantitative estimate of drug-likeness (QED) is 0.473. The summed E-state index contributed by atoms with van der Waals surface area (Å²) in [5.41, 5.74) is 7.50. The van der Waals surface area contributed by atoms with Crippen LogP contribution in [0.4, 0.5) is 5.69 Å². The summed E-state index contributed by atoms with van der Waals surface area (Å²) in [6.45, 7) is 8.47. The van der Waals surface area contributed by atoms with Crippen LogP contribution in [0.3, 0.4) is 0 Å². The molecule has 2 aliphatic carbocycles. The summed E-state index contributed by atoms with van der Waals surface area (Å²) in [5, 5.41) is 3.05. The molecule has 2 saturated carbocycles. The zero-order chi connectivity index (χ0) is 27.2. The highest BCUT2D eigenvalue weighted by Crippen LogP contribution is 2.66. The van der Waals surface area contributed by atoms with Crippen molar-refractivity contribution in [1.29, 1.82) is 0 Å². The molecule has 4 rings (SSSR count). The van der Waals surface area contributed by atoms with Gasteiger partial charge in [-0.2, -0.15) is 4.31 Å². The number of anilines is 1. The van der Waals surface area contributed by atoms with Crippen molar-refractivity contribution in [3.05, 3.63) is 29.8 Å². The molecule has 3 fully saturated rings. The fourth-order valence-electron chi connectivity index (χ4n) is 6.92. The number of carbonyl (C=O) groups excluding carboxylic acids is 1. The number of para-hydroxylation sites is 1. The lowest BCUT2D eigenvalue weighted by molar-refractivity contribution is -0.124. The highest BCUT2D eigenvalue weighted by molar-refractivity contribution is 7.90. The van der Waals surface area contributed by atoms with Crippen LogP contribution in [-0.2, 0) is 24.7 Å². The molecule has 0 radical (unpaired) electrons. The maximum absolute atomic E-state index is 13.8. The number of piperazine rings is 1. The molecule has 1 unspecified atom stereocenters. The van der Waals surface area contributed by atoms with Crippen molar-refractivity contribution in [3.63, 3.8) is 0 Å². The number of sulfone groups is 1. The lowest BCUT2D eigenvalue weighted by Crippen LogP contribution is -2.57. The summed E-state index contributed by atoms with van der Waals surface area (Å²) in [4.78, 5) is 15.2. The molecule has 208 valence electrons. The number of fused-ring (bicyclic) bond motifs is 2. The summed E-state index contributed by atoms with van der Waals surface area (Å²) < 4.78 is 52.2. The SMILES string of the molecule is Cc1ccccc1N1CCN(S(=O)(=O)C[C@@]23CC[C@H](CC2NC(=O)[C@H](N)CCS(C)(=O)=O)C3(C)C)CC1. The summed E-state index contributed by atoms with van der Waals surface area (Å²) >= 11 is 0. The smallest absolute Gasteiger partial charge is 0.237 e. The Hall–Kier alpha value is -1.69. The van der Waals surface area contributed by atoms with Gasteiger partial charge in [0.15, 0.2) is 0 Å². The van der Waals surface area contributed by atoms with Crippen LogP contribution in [0, 0.1) is 23.7 Å². The van der Waals surface area contributed by atoms with Gasteiger partial charge >= 0.3 is 0 Å². The van der Waals surface area contributed by atoms with E-state index < -0.39 is 37.2 Å². The number of hydrogen-bond acceptors (Lipinski definition) is 7. The minimum absolute atomic E-state index is 0.00259. The van der Waals surface area contributed by atoms with Crippen molar-refractivity contribution in [2.24, 2.45) is 22.5 Å². The van der Waals surface area contributed by atoms with Gasteiger partial charge in [-0.3, -0.25) is 4.79 Å². The number of amides is 1. The summed E-state index contributed by atoms with van der Waals surface area (Å²) in [6.07, 6.45) is 3.55. The minimum atomic E-state index is -3.57. The van der Waals surface area contributed by atoms with E-state index in [0.29, 0.717) is 38.5 Å². The van der Waals surface area contributed by atoms with Gasteiger partial charge in [-0.25, -0.2) is 16.8 Å². The zero-order valence-corrected chi connectivity index (χ0v) is 24.1. The Balaban J connectivity index is 1.46. The number of carbonyl (C=O) groups is 1. The molecule has 1 aromatic rings. The van der Waals surface area contributed by atoms with Gasteiger partial charge in [-0.05, 0) is 55.6 Å². The second-order valence-electron chi connectivity index (χ2n) is 11.9. The van der Waals surface area contributed by atoms with E-state index in [1.165, 1.54) is 5.56 Å².